The minimum atomic E-state index is 0.417. The molecule has 4 aromatic rings. The Bertz CT molecular complexity index is 1120. The average Bonchev–Trinajstić information content (AvgIpc) is 3.13. The van der Waals surface area contributed by atoms with Crippen molar-refractivity contribution in [3.8, 4) is 21.8 Å². The summed E-state index contributed by atoms with van der Waals surface area (Å²) in [4.78, 5) is 9.51. The van der Waals surface area contributed by atoms with Crippen LogP contribution < -0.4 is 5.73 Å². The van der Waals surface area contributed by atoms with Crippen LogP contribution in [0.1, 0.15) is 5.56 Å². The number of hydrogen-bond donors (Lipinski definition) is 1. The van der Waals surface area contributed by atoms with E-state index in [-0.39, 0.29) is 0 Å². The molecule has 0 aliphatic rings. The Morgan fingerprint density at radius 3 is 2.04 bits per heavy atom. The van der Waals surface area contributed by atoms with E-state index < -0.39 is 0 Å². The van der Waals surface area contributed by atoms with Crippen molar-refractivity contribution in [1.29, 1.82) is 0 Å². The van der Waals surface area contributed by atoms with Gasteiger partial charge in [-0.15, -0.1) is 0 Å². The predicted octanol–water partition coefficient (Wildman–Crippen LogP) is 6.82. The van der Waals surface area contributed by atoms with Gasteiger partial charge >= 0.3 is 0 Å². The first-order valence-electron chi connectivity index (χ1n) is 8.52. The molecule has 138 valence electrons. The second kappa shape index (κ2) is 8.15. The summed E-state index contributed by atoms with van der Waals surface area (Å²) >= 11 is 13.5. The Hall–Kier alpha value is -2.66. The van der Waals surface area contributed by atoms with Gasteiger partial charge in [0.1, 0.15) is 21.5 Å². The number of nitrogens with two attached hydrogens (primary N) is 1. The van der Waals surface area contributed by atoms with E-state index in [1.807, 2.05) is 66.7 Å². The van der Waals surface area contributed by atoms with E-state index >= 15 is 0 Å². The normalized spacial score (nSPS) is 11.6. The number of amidine groups is 1. The van der Waals surface area contributed by atoms with Crippen LogP contribution >= 0.6 is 34.5 Å². The maximum atomic E-state index is 6.26. The number of thiazole rings is 1. The molecule has 1 aromatic heterocycles. The summed E-state index contributed by atoms with van der Waals surface area (Å²) in [5.41, 5.74) is 9.84. The molecule has 0 radical (unpaired) electrons. The number of hydrogen-bond acceptors (Lipinski definition) is 3. The minimum absolute atomic E-state index is 0.417. The molecular weight excluding hydrogens is 409 g/mol. The number of rotatable bonds is 4. The van der Waals surface area contributed by atoms with Gasteiger partial charge in [0.15, 0.2) is 0 Å². The molecular formula is C22H15Cl2N3S. The highest BCUT2D eigenvalue weighted by Crippen LogP contribution is 2.40. The standard InChI is InChI=1S/C22H15Cl2N3S/c23-17-10-6-15(7-11-17)20(25)27-22-19(14-4-2-1-3-5-14)26-21(28-22)16-8-12-18(24)13-9-16/h1-13H,(H2,25,27). The van der Waals surface area contributed by atoms with Gasteiger partial charge in [0.25, 0.3) is 0 Å². The smallest absolute Gasteiger partial charge is 0.146 e. The molecule has 0 spiro atoms. The zero-order chi connectivity index (χ0) is 19.5. The third-order valence-corrected chi connectivity index (χ3v) is 5.61. The Morgan fingerprint density at radius 1 is 0.786 bits per heavy atom. The molecule has 0 aliphatic heterocycles. The van der Waals surface area contributed by atoms with E-state index in [4.69, 9.17) is 33.9 Å². The van der Waals surface area contributed by atoms with Crippen LogP contribution in [0.2, 0.25) is 10.0 Å². The molecule has 1 heterocycles. The molecule has 3 aromatic carbocycles. The van der Waals surface area contributed by atoms with Crippen LogP contribution in [-0.2, 0) is 0 Å². The SMILES string of the molecule is N/C(=N\c1sc(-c2ccc(Cl)cc2)nc1-c1ccccc1)c1ccc(Cl)cc1. The lowest BCUT2D eigenvalue weighted by Gasteiger charge is -2.02. The van der Waals surface area contributed by atoms with Gasteiger partial charge in [0, 0.05) is 26.7 Å². The number of benzene rings is 3. The number of aliphatic imine (C=N–C) groups is 1. The van der Waals surface area contributed by atoms with E-state index in [1.54, 1.807) is 12.1 Å². The van der Waals surface area contributed by atoms with Crippen molar-refractivity contribution in [2.75, 3.05) is 0 Å². The molecule has 0 bridgehead atoms. The average molecular weight is 424 g/mol. The topological polar surface area (TPSA) is 51.3 Å². The minimum Gasteiger partial charge on any atom is -0.383 e. The van der Waals surface area contributed by atoms with Gasteiger partial charge in [0.2, 0.25) is 0 Å². The third-order valence-electron chi connectivity index (χ3n) is 4.11. The molecule has 0 saturated heterocycles. The van der Waals surface area contributed by atoms with Gasteiger partial charge in [0.05, 0.1) is 0 Å². The Balaban J connectivity index is 1.81. The fourth-order valence-corrected chi connectivity index (χ4v) is 3.91. The molecule has 3 nitrogen and oxygen atoms in total. The molecule has 0 fully saturated rings. The van der Waals surface area contributed by atoms with Gasteiger partial charge < -0.3 is 5.73 Å². The molecule has 0 aliphatic carbocycles. The van der Waals surface area contributed by atoms with E-state index in [2.05, 4.69) is 4.99 Å². The van der Waals surface area contributed by atoms with Crippen LogP contribution in [0.25, 0.3) is 21.8 Å². The zero-order valence-corrected chi connectivity index (χ0v) is 17.0. The molecule has 6 heteroatoms. The highest BCUT2D eigenvalue weighted by molar-refractivity contribution is 7.19. The molecule has 0 amide bonds. The Kier molecular flexibility index (Phi) is 5.44. The lowest BCUT2D eigenvalue weighted by atomic mass is 10.1. The zero-order valence-electron chi connectivity index (χ0n) is 14.6. The van der Waals surface area contributed by atoms with E-state index in [0.29, 0.717) is 15.9 Å². The number of aromatic nitrogens is 1. The summed E-state index contributed by atoms with van der Waals surface area (Å²) in [6.45, 7) is 0. The fourth-order valence-electron chi connectivity index (χ4n) is 2.68. The number of halogens is 2. The second-order valence-electron chi connectivity index (χ2n) is 6.05. The monoisotopic (exact) mass is 423 g/mol. The van der Waals surface area contributed by atoms with Crippen molar-refractivity contribution in [3.63, 3.8) is 0 Å². The third kappa shape index (κ3) is 4.09. The maximum Gasteiger partial charge on any atom is 0.146 e. The van der Waals surface area contributed by atoms with Crippen LogP contribution in [-0.4, -0.2) is 10.8 Å². The summed E-state index contributed by atoms with van der Waals surface area (Å²) in [6.07, 6.45) is 0. The second-order valence-corrected chi connectivity index (χ2v) is 7.90. The van der Waals surface area contributed by atoms with Crippen molar-refractivity contribution in [3.05, 3.63) is 94.5 Å². The van der Waals surface area contributed by atoms with Crippen molar-refractivity contribution >= 4 is 45.4 Å². The molecule has 0 unspecified atom stereocenters. The van der Waals surface area contributed by atoms with E-state index in [0.717, 1.165) is 32.4 Å². The van der Waals surface area contributed by atoms with Gasteiger partial charge in [-0.3, -0.25) is 0 Å². The maximum absolute atomic E-state index is 6.26. The molecule has 0 atom stereocenters. The van der Waals surface area contributed by atoms with Crippen molar-refractivity contribution in [2.45, 2.75) is 0 Å². The van der Waals surface area contributed by atoms with Crippen molar-refractivity contribution < 1.29 is 0 Å². The quantitative estimate of drug-likeness (QED) is 0.289. The van der Waals surface area contributed by atoms with Gasteiger partial charge in [-0.2, -0.15) is 0 Å². The Morgan fingerprint density at radius 2 is 1.39 bits per heavy atom. The summed E-state index contributed by atoms with van der Waals surface area (Å²) in [5.74, 6) is 0.417. The lowest BCUT2D eigenvalue weighted by molar-refractivity contribution is 1.38. The predicted molar refractivity (Wildman–Crippen MR) is 120 cm³/mol. The van der Waals surface area contributed by atoms with Gasteiger partial charge in [-0.05, 0) is 36.4 Å². The summed E-state index contributed by atoms with van der Waals surface area (Å²) in [7, 11) is 0. The van der Waals surface area contributed by atoms with Crippen LogP contribution in [0.15, 0.2) is 83.9 Å². The summed E-state index contributed by atoms with van der Waals surface area (Å²) in [5, 5.41) is 2.96. The largest absolute Gasteiger partial charge is 0.383 e. The van der Waals surface area contributed by atoms with E-state index in [1.165, 1.54) is 11.3 Å². The van der Waals surface area contributed by atoms with Gasteiger partial charge in [-0.1, -0.05) is 77.0 Å². The van der Waals surface area contributed by atoms with Crippen LogP contribution in [0.4, 0.5) is 5.00 Å². The van der Waals surface area contributed by atoms with E-state index in [9.17, 15) is 0 Å². The molecule has 4 rings (SSSR count). The lowest BCUT2D eigenvalue weighted by Crippen LogP contribution is -2.12. The molecule has 2 N–H and O–H groups in total. The summed E-state index contributed by atoms with van der Waals surface area (Å²) in [6, 6.07) is 24.9. The molecule has 0 saturated carbocycles. The Labute approximate surface area is 177 Å². The first-order chi connectivity index (χ1) is 13.6. The number of nitrogens with zero attached hydrogens (tertiary/aromatic N) is 2. The van der Waals surface area contributed by atoms with Crippen LogP contribution in [0.3, 0.4) is 0 Å². The van der Waals surface area contributed by atoms with Crippen molar-refractivity contribution in [2.24, 2.45) is 10.7 Å². The fraction of sp³-hybridized carbons (Fsp3) is 0. The van der Waals surface area contributed by atoms with Crippen LogP contribution in [0, 0.1) is 0 Å². The van der Waals surface area contributed by atoms with Crippen molar-refractivity contribution in [1.82, 2.24) is 4.98 Å². The first kappa shape index (κ1) is 18.7. The highest BCUT2D eigenvalue weighted by atomic mass is 35.5. The highest BCUT2D eigenvalue weighted by Gasteiger charge is 2.15. The van der Waals surface area contributed by atoms with Gasteiger partial charge in [-0.25, -0.2) is 9.98 Å². The first-order valence-corrected chi connectivity index (χ1v) is 10.1. The molecule has 28 heavy (non-hydrogen) atoms. The summed E-state index contributed by atoms with van der Waals surface area (Å²) < 4.78 is 0. The van der Waals surface area contributed by atoms with Crippen LogP contribution in [0.5, 0.6) is 0 Å².